The minimum absolute atomic E-state index is 0.0128. The van der Waals surface area contributed by atoms with Gasteiger partial charge in [-0.05, 0) is 37.4 Å². The molecule has 0 heterocycles. The van der Waals surface area contributed by atoms with Crippen LogP contribution in [0.4, 0.5) is 0 Å². The highest BCUT2D eigenvalue weighted by Gasteiger charge is 2.17. The van der Waals surface area contributed by atoms with E-state index in [9.17, 15) is 0 Å². The van der Waals surface area contributed by atoms with Crippen LogP contribution in [0.3, 0.4) is 0 Å². The summed E-state index contributed by atoms with van der Waals surface area (Å²) in [5.41, 5.74) is 0. The summed E-state index contributed by atoms with van der Waals surface area (Å²) in [6.07, 6.45) is 4.31. The fourth-order valence-corrected chi connectivity index (χ4v) is 1.69. The second-order valence-electron chi connectivity index (χ2n) is 2.86. The Morgan fingerprint density at radius 3 is 2.22 bits per heavy atom. The van der Waals surface area contributed by atoms with Crippen molar-refractivity contribution in [3.8, 4) is 0 Å². The summed E-state index contributed by atoms with van der Waals surface area (Å²) >= 11 is 4.21. The Morgan fingerprint density at radius 2 is 1.78 bits per heavy atom. The Bertz CT molecular complexity index is 77.0. The maximum absolute atomic E-state index is 9.10. The van der Waals surface area contributed by atoms with Crippen molar-refractivity contribution in [3.63, 3.8) is 0 Å². The molecule has 1 aliphatic rings. The maximum Gasteiger partial charge on any atom is 0.0540 e. The number of hydrogen-bond acceptors (Lipinski definition) is 2. The van der Waals surface area contributed by atoms with Crippen molar-refractivity contribution in [2.24, 2.45) is 5.92 Å². The lowest BCUT2D eigenvalue weighted by Gasteiger charge is -2.23. The fraction of sp³-hybridized carbons (Fsp3) is 1.00. The van der Waals surface area contributed by atoms with E-state index in [1.165, 1.54) is 12.8 Å². The van der Waals surface area contributed by atoms with Gasteiger partial charge in [-0.3, -0.25) is 0 Å². The summed E-state index contributed by atoms with van der Waals surface area (Å²) in [5.74, 6) is 1.77. The van der Waals surface area contributed by atoms with Crippen LogP contribution in [0.25, 0.3) is 0 Å². The van der Waals surface area contributed by atoms with Crippen molar-refractivity contribution in [1.82, 2.24) is 0 Å². The first-order valence-corrected chi connectivity index (χ1v) is 4.25. The molecule has 1 nitrogen and oxygen atoms in total. The molecule has 0 aromatic heterocycles. The van der Waals surface area contributed by atoms with Gasteiger partial charge in [0.25, 0.3) is 0 Å². The van der Waals surface area contributed by atoms with Gasteiger partial charge in [-0.15, -0.1) is 0 Å². The zero-order chi connectivity index (χ0) is 6.69. The van der Waals surface area contributed by atoms with Gasteiger partial charge in [0.15, 0.2) is 0 Å². The van der Waals surface area contributed by atoms with Crippen LogP contribution in [0.5, 0.6) is 0 Å². The van der Waals surface area contributed by atoms with Crippen molar-refractivity contribution in [2.45, 2.75) is 31.8 Å². The summed E-state index contributed by atoms with van der Waals surface area (Å²) in [5, 5.41) is 9.10. The van der Waals surface area contributed by atoms with Crippen molar-refractivity contribution in [3.05, 3.63) is 0 Å². The molecule has 54 valence electrons. The van der Waals surface area contributed by atoms with E-state index in [2.05, 4.69) is 12.6 Å². The molecular weight excluding hydrogens is 132 g/mol. The first-order valence-electron chi connectivity index (χ1n) is 3.62. The largest absolute Gasteiger partial charge is 0.393 e. The predicted octanol–water partition coefficient (Wildman–Crippen LogP) is 1.47. The van der Waals surface area contributed by atoms with E-state index in [1.807, 2.05) is 0 Å². The lowest BCUT2D eigenvalue weighted by atomic mass is 9.89. The highest BCUT2D eigenvalue weighted by molar-refractivity contribution is 7.80. The van der Waals surface area contributed by atoms with Crippen molar-refractivity contribution >= 4 is 12.6 Å². The number of hydrogen-bond donors (Lipinski definition) is 2. The molecule has 0 saturated heterocycles. The molecule has 1 fully saturated rings. The van der Waals surface area contributed by atoms with Gasteiger partial charge in [0.1, 0.15) is 0 Å². The zero-order valence-electron chi connectivity index (χ0n) is 5.58. The number of aliphatic hydroxyl groups excluding tert-OH is 1. The lowest BCUT2D eigenvalue weighted by Crippen LogP contribution is -2.18. The SMILES string of the molecule is OC1CCC(CS)CC1. The van der Waals surface area contributed by atoms with Crippen LogP contribution in [0.15, 0.2) is 0 Å². The molecule has 0 bridgehead atoms. The van der Waals surface area contributed by atoms with Gasteiger partial charge in [0, 0.05) is 0 Å². The molecule has 2 heteroatoms. The molecule has 1 aliphatic carbocycles. The Balaban J connectivity index is 2.18. The van der Waals surface area contributed by atoms with Crippen LogP contribution in [0.1, 0.15) is 25.7 Å². The number of rotatable bonds is 1. The summed E-state index contributed by atoms with van der Waals surface area (Å²) in [7, 11) is 0. The molecule has 1 saturated carbocycles. The second kappa shape index (κ2) is 3.47. The molecule has 9 heavy (non-hydrogen) atoms. The standard InChI is InChI=1S/C7H14OS/c8-7-3-1-6(5-9)2-4-7/h6-9H,1-5H2. The Kier molecular flexibility index (Phi) is 2.86. The minimum Gasteiger partial charge on any atom is -0.393 e. The summed E-state index contributed by atoms with van der Waals surface area (Å²) in [6, 6.07) is 0. The van der Waals surface area contributed by atoms with Crippen LogP contribution < -0.4 is 0 Å². The normalized spacial score (nSPS) is 36.7. The van der Waals surface area contributed by atoms with E-state index in [4.69, 9.17) is 5.11 Å². The predicted molar refractivity (Wildman–Crippen MR) is 41.8 cm³/mol. The average molecular weight is 146 g/mol. The Hall–Kier alpha value is 0.310. The van der Waals surface area contributed by atoms with Crippen LogP contribution in [-0.2, 0) is 0 Å². The first-order chi connectivity index (χ1) is 4.33. The van der Waals surface area contributed by atoms with Gasteiger partial charge in [-0.2, -0.15) is 12.6 Å². The summed E-state index contributed by atoms with van der Waals surface area (Å²) in [6.45, 7) is 0. The number of thiol groups is 1. The fourth-order valence-electron chi connectivity index (χ4n) is 1.33. The minimum atomic E-state index is -0.0128. The zero-order valence-corrected chi connectivity index (χ0v) is 6.48. The molecule has 0 radical (unpaired) electrons. The van der Waals surface area contributed by atoms with Crippen LogP contribution in [-0.4, -0.2) is 17.0 Å². The monoisotopic (exact) mass is 146 g/mol. The third kappa shape index (κ3) is 2.18. The van der Waals surface area contributed by atoms with Gasteiger partial charge in [0.05, 0.1) is 6.10 Å². The van der Waals surface area contributed by atoms with E-state index in [1.54, 1.807) is 0 Å². The molecule has 0 unspecified atom stereocenters. The van der Waals surface area contributed by atoms with E-state index in [0.717, 1.165) is 24.5 Å². The number of aliphatic hydroxyl groups is 1. The molecule has 1 N–H and O–H groups in total. The van der Waals surface area contributed by atoms with Gasteiger partial charge in [-0.1, -0.05) is 0 Å². The lowest BCUT2D eigenvalue weighted by molar-refractivity contribution is 0.113. The van der Waals surface area contributed by atoms with Gasteiger partial charge in [0.2, 0.25) is 0 Å². The molecule has 0 aliphatic heterocycles. The summed E-state index contributed by atoms with van der Waals surface area (Å²) in [4.78, 5) is 0. The van der Waals surface area contributed by atoms with Gasteiger partial charge < -0.3 is 5.11 Å². The highest BCUT2D eigenvalue weighted by atomic mass is 32.1. The molecule has 1 rings (SSSR count). The van der Waals surface area contributed by atoms with E-state index < -0.39 is 0 Å². The second-order valence-corrected chi connectivity index (χ2v) is 3.22. The first kappa shape index (κ1) is 7.42. The topological polar surface area (TPSA) is 20.2 Å². The molecule has 0 aromatic carbocycles. The molecule has 0 atom stereocenters. The summed E-state index contributed by atoms with van der Waals surface area (Å²) < 4.78 is 0. The van der Waals surface area contributed by atoms with Crippen molar-refractivity contribution < 1.29 is 5.11 Å². The van der Waals surface area contributed by atoms with E-state index in [-0.39, 0.29) is 6.10 Å². The van der Waals surface area contributed by atoms with Crippen LogP contribution >= 0.6 is 12.6 Å². The quantitative estimate of drug-likeness (QED) is 0.537. The van der Waals surface area contributed by atoms with E-state index >= 15 is 0 Å². The molecule has 0 amide bonds. The van der Waals surface area contributed by atoms with Crippen molar-refractivity contribution in [2.75, 3.05) is 5.75 Å². The van der Waals surface area contributed by atoms with Crippen LogP contribution in [0, 0.1) is 5.92 Å². The average Bonchev–Trinajstić information content (AvgIpc) is 1.90. The third-order valence-electron chi connectivity index (χ3n) is 2.07. The van der Waals surface area contributed by atoms with Gasteiger partial charge >= 0.3 is 0 Å². The van der Waals surface area contributed by atoms with E-state index in [0.29, 0.717) is 0 Å². The Morgan fingerprint density at radius 1 is 1.22 bits per heavy atom. The molecule has 0 spiro atoms. The third-order valence-corrected chi connectivity index (χ3v) is 2.59. The van der Waals surface area contributed by atoms with Crippen LogP contribution in [0.2, 0.25) is 0 Å². The molecular formula is C7H14OS. The Labute approximate surface area is 61.9 Å². The van der Waals surface area contributed by atoms with Gasteiger partial charge in [-0.25, -0.2) is 0 Å². The smallest absolute Gasteiger partial charge is 0.0540 e. The van der Waals surface area contributed by atoms with Crippen molar-refractivity contribution in [1.29, 1.82) is 0 Å². The highest BCUT2D eigenvalue weighted by Crippen LogP contribution is 2.24. The maximum atomic E-state index is 9.10. The molecule has 0 aromatic rings.